The maximum absolute atomic E-state index is 11.4. The van der Waals surface area contributed by atoms with E-state index in [2.05, 4.69) is 5.32 Å². The van der Waals surface area contributed by atoms with Crippen LogP contribution in [0, 0.1) is 17.0 Å². The average Bonchev–Trinajstić information content (AvgIpc) is 2.47. The predicted molar refractivity (Wildman–Crippen MR) is 86.5 cm³/mol. The Labute approximate surface area is 124 Å². The van der Waals surface area contributed by atoms with Crippen molar-refractivity contribution in [1.29, 1.82) is 0 Å². The van der Waals surface area contributed by atoms with Crippen LogP contribution in [0.4, 0.5) is 22.7 Å². The third-order valence-corrected chi connectivity index (χ3v) is 3.35. The number of nitrogens with one attached hydrogen (secondary N) is 1. The van der Waals surface area contributed by atoms with E-state index in [9.17, 15) is 10.1 Å². The SMILES string of the molecule is CCNc1cccc(N(C)c2ccc(C)cc2)c1[N+](=O)[O-]. The lowest BCUT2D eigenvalue weighted by Gasteiger charge is -2.20. The maximum atomic E-state index is 11.4. The first-order valence-electron chi connectivity index (χ1n) is 6.86. The summed E-state index contributed by atoms with van der Waals surface area (Å²) in [6.45, 7) is 4.57. The molecule has 0 aromatic heterocycles. The molecule has 0 amide bonds. The van der Waals surface area contributed by atoms with Crippen LogP contribution in [0.3, 0.4) is 0 Å². The third-order valence-electron chi connectivity index (χ3n) is 3.35. The van der Waals surface area contributed by atoms with Crippen molar-refractivity contribution in [1.82, 2.24) is 0 Å². The van der Waals surface area contributed by atoms with Crippen molar-refractivity contribution in [2.24, 2.45) is 0 Å². The summed E-state index contributed by atoms with van der Waals surface area (Å²) >= 11 is 0. The van der Waals surface area contributed by atoms with Crippen LogP contribution >= 0.6 is 0 Å². The number of nitro benzene ring substituents is 1. The van der Waals surface area contributed by atoms with E-state index in [0.717, 1.165) is 11.3 Å². The Hall–Kier alpha value is -2.56. The first-order chi connectivity index (χ1) is 10.0. The summed E-state index contributed by atoms with van der Waals surface area (Å²) in [6, 6.07) is 13.2. The van der Waals surface area contributed by atoms with Gasteiger partial charge in [0.25, 0.3) is 0 Å². The van der Waals surface area contributed by atoms with E-state index in [0.29, 0.717) is 17.9 Å². The number of nitro groups is 1. The topological polar surface area (TPSA) is 58.4 Å². The molecular formula is C16H19N3O2. The van der Waals surface area contributed by atoms with Gasteiger partial charge in [-0.3, -0.25) is 10.1 Å². The van der Waals surface area contributed by atoms with E-state index in [1.54, 1.807) is 12.1 Å². The van der Waals surface area contributed by atoms with Crippen LogP contribution in [-0.2, 0) is 0 Å². The molecule has 0 spiro atoms. The highest BCUT2D eigenvalue weighted by Gasteiger charge is 2.22. The second-order valence-electron chi connectivity index (χ2n) is 4.86. The molecule has 0 atom stereocenters. The number of hydrogen-bond acceptors (Lipinski definition) is 4. The summed E-state index contributed by atoms with van der Waals surface area (Å²) in [6.07, 6.45) is 0. The van der Waals surface area contributed by atoms with Crippen LogP contribution in [0.15, 0.2) is 42.5 Å². The number of rotatable bonds is 5. The second kappa shape index (κ2) is 6.26. The molecule has 0 unspecified atom stereocenters. The predicted octanol–water partition coefficient (Wildman–Crippen LogP) is 4.10. The third kappa shape index (κ3) is 3.13. The molecule has 2 aromatic carbocycles. The van der Waals surface area contributed by atoms with Gasteiger partial charge < -0.3 is 10.2 Å². The molecule has 0 aliphatic heterocycles. The molecule has 0 aliphatic carbocycles. The number of para-hydroxylation sites is 1. The molecule has 1 N–H and O–H groups in total. The Balaban J connectivity index is 2.49. The summed E-state index contributed by atoms with van der Waals surface area (Å²) in [5.41, 5.74) is 3.28. The summed E-state index contributed by atoms with van der Waals surface area (Å²) < 4.78 is 0. The van der Waals surface area contributed by atoms with Gasteiger partial charge in [0.05, 0.1) is 4.92 Å². The Morgan fingerprint density at radius 2 is 1.86 bits per heavy atom. The van der Waals surface area contributed by atoms with Gasteiger partial charge in [-0.15, -0.1) is 0 Å². The molecule has 2 rings (SSSR count). The molecule has 0 saturated carbocycles. The van der Waals surface area contributed by atoms with Gasteiger partial charge in [0.15, 0.2) is 0 Å². The van der Waals surface area contributed by atoms with Gasteiger partial charge in [-0.1, -0.05) is 23.8 Å². The first kappa shape index (κ1) is 14.8. The highest BCUT2D eigenvalue weighted by atomic mass is 16.6. The highest BCUT2D eigenvalue weighted by molar-refractivity contribution is 5.80. The Morgan fingerprint density at radius 1 is 1.19 bits per heavy atom. The molecule has 0 heterocycles. The first-order valence-corrected chi connectivity index (χ1v) is 6.86. The van der Waals surface area contributed by atoms with Gasteiger partial charge in [0.2, 0.25) is 0 Å². The Bertz CT molecular complexity index is 638. The molecule has 5 nitrogen and oxygen atoms in total. The molecule has 21 heavy (non-hydrogen) atoms. The molecule has 0 bridgehead atoms. The molecule has 0 saturated heterocycles. The lowest BCUT2D eigenvalue weighted by molar-refractivity contribution is -0.383. The monoisotopic (exact) mass is 285 g/mol. The van der Waals surface area contributed by atoms with Gasteiger partial charge in [-0.25, -0.2) is 0 Å². The number of aryl methyl sites for hydroxylation is 1. The number of nitrogens with zero attached hydrogens (tertiary/aromatic N) is 2. The van der Waals surface area contributed by atoms with Gasteiger partial charge in [-0.05, 0) is 38.1 Å². The molecular weight excluding hydrogens is 266 g/mol. The fraction of sp³-hybridized carbons (Fsp3) is 0.250. The van der Waals surface area contributed by atoms with Crippen LogP contribution in [-0.4, -0.2) is 18.5 Å². The average molecular weight is 285 g/mol. The van der Waals surface area contributed by atoms with Crippen molar-refractivity contribution in [2.75, 3.05) is 23.8 Å². The van der Waals surface area contributed by atoms with Crippen molar-refractivity contribution in [2.45, 2.75) is 13.8 Å². The minimum absolute atomic E-state index is 0.0995. The van der Waals surface area contributed by atoms with Crippen LogP contribution in [0.1, 0.15) is 12.5 Å². The fourth-order valence-electron chi connectivity index (χ4n) is 2.23. The molecule has 2 aromatic rings. The standard InChI is InChI=1S/C16H19N3O2/c1-4-17-14-6-5-7-15(16(14)19(20)21)18(3)13-10-8-12(2)9-11-13/h5-11,17H,4H2,1-3H3. The van der Waals surface area contributed by atoms with E-state index >= 15 is 0 Å². The van der Waals surface area contributed by atoms with E-state index in [-0.39, 0.29) is 10.6 Å². The maximum Gasteiger partial charge on any atom is 0.315 e. The summed E-state index contributed by atoms with van der Waals surface area (Å²) in [7, 11) is 1.84. The number of benzene rings is 2. The van der Waals surface area contributed by atoms with Crippen LogP contribution in [0.5, 0.6) is 0 Å². The van der Waals surface area contributed by atoms with Crippen molar-refractivity contribution in [3.05, 3.63) is 58.1 Å². The zero-order chi connectivity index (χ0) is 15.4. The quantitative estimate of drug-likeness (QED) is 0.663. The minimum Gasteiger partial charge on any atom is -0.380 e. The van der Waals surface area contributed by atoms with E-state index < -0.39 is 0 Å². The molecule has 0 fully saturated rings. The van der Waals surface area contributed by atoms with Gasteiger partial charge in [0, 0.05) is 19.3 Å². The van der Waals surface area contributed by atoms with Crippen LogP contribution in [0.25, 0.3) is 0 Å². The number of anilines is 3. The van der Waals surface area contributed by atoms with Crippen molar-refractivity contribution < 1.29 is 4.92 Å². The highest BCUT2D eigenvalue weighted by Crippen LogP contribution is 2.37. The minimum atomic E-state index is -0.335. The van der Waals surface area contributed by atoms with Gasteiger partial charge >= 0.3 is 5.69 Å². The summed E-state index contributed by atoms with van der Waals surface area (Å²) in [5.74, 6) is 0. The van der Waals surface area contributed by atoms with Crippen molar-refractivity contribution >= 4 is 22.7 Å². The molecule has 0 radical (unpaired) electrons. The van der Waals surface area contributed by atoms with Crippen LogP contribution in [0.2, 0.25) is 0 Å². The largest absolute Gasteiger partial charge is 0.380 e. The van der Waals surface area contributed by atoms with Crippen LogP contribution < -0.4 is 10.2 Å². The van der Waals surface area contributed by atoms with Gasteiger partial charge in [-0.2, -0.15) is 0 Å². The summed E-state index contributed by atoms with van der Waals surface area (Å²) in [5, 5.41) is 14.5. The molecule has 0 aliphatic rings. The second-order valence-corrected chi connectivity index (χ2v) is 4.86. The van der Waals surface area contributed by atoms with Crippen molar-refractivity contribution in [3.8, 4) is 0 Å². The van der Waals surface area contributed by atoms with Gasteiger partial charge in [0.1, 0.15) is 11.4 Å². The van der Waals surface area contributed by atoms with Crippen molar-refractivity contribution in [3.63, 3.8) is 0 Å². The van der Waals surface area contributed by atoms with E-state index in [1.165, 1.54) is 0 Å². The Kier molecular flexibility index (Phi) is 4.42. The zero-order valence-electron chi connectivity index (χ0n) is 12.5. The number of hydrogen-bond donors (Lipinski definition) is 1. The lowest BCUT2D eigenvalue weighted by atomic mass is 10.1. The van der Waals surface area contributed by atoms with E-state index in [1.807, 2.05) is 56.1 Å². The Morgan fingerprint density at radius 3 is 2.43 bits per heavy atom. The molecule has 5 heteroatoms. The zero-order valence-corrected chi connectivity index (χ0v) is 12.5. The summed E-state index contributed by atoms with van der Waals surface area (Å²) in [4.78, 5) is 12.9. The normalized spacial score (nSPS) is 10.2. The lowest BCUT2D eigenvalue weighted by Crippen LogP contribution is -2.13. The van der Waals surface area contributed by atoms with E-state index in [4.69, 9.17) is 0 Å². The fourth-order valence-corrected chi connectivity index (χ4v) is 2.23. The molecule has 110 valence electrons. The smallest absolute Gasteiger partial charge is 0.315 e.